The molecule has 104 valence electrons. The smallest absolute Gasteiger partial charge is 0.406 e. The predicted molar refractivity (Wildman–Crippen MR) is 65.4 cm³/mol. The SMILES string of the molecule is Cn1ncc(C(=O)O)c1COc1cccnc1[N+](=O)[O-]. The van der Waals surface area contributed by atoms with E-state index in [4.69, 9.17) is 9.84 Å². The minimum atomic E-state index is -1.14. The van der Waals surface area contributed by atoms with Gasteiger partial charge in [-0.05, 0) is 22.0 Å². The lowest BCUT2D eigenvalue weighted by molar-refractivity contribution is -0.390. The molecule has 0 aliphatic carbocycles. The third-order valence-electron chi connectivity index (χ3n) is 2.58. The average molecular weight is 278 g/mol. The lowest BCUT2D eigenvalue weighted by atomic mass is 10.2. The molecular formula is C11H10N4O5. The van der Waals surface area contributed by atoms with Gasteiger partial charge in [0.1, 0.15) is 18.4 Å². The minimum absolute atomic E-state index is 0.0148. The Morgan fingerprint density at radius 2 is 2.35 bits per heavy atom. The highest BCUT2D eigenvalue weighted by Gasteiger charge is 2.19. The largest absolute Gasteiger partial charge is 0.479 e. The lowest BCUT2D eigenvalue weighted by Crippen LogP contribution is -2.09. The van der Waals surface area contributed by atoms with Crippen LogP contribution in [0.2, 0.25) is 0 Å². The predicted octanol–water partition coefficient (Wildman–Crippen LogP) is 1.00. The van der Waals surface area contributed by atoms with Crippen LogP contribution in [0.1, 0.15) is 16.1 Å². The number of aryl methyl sites for hydroxylation is 1. The Labute approximate surface area is 112 Å². The van der Waals surface area contributed by atoms with Gasteiger partial charge in [-0.25, -0.2) is 4.79 Å². The number of hydrogen-bond acceptors (Lipinski definition) is 6. The summed E-state index contributed by atoms with van der Waals surface area (Å²) in [5.74, 6) is -1.60. The van der Waals surface area contributed by atoms with Gasteiger partial charge in [0.25, 0.3) is 0 Å². The first-order valence-corrected chi connectivity index (χ1v) is 5.47. The fourth-order valence-corrected chi connectivity index (χ4v) is 1.59. The molecule has 0 bridgehead atoms. The van der Waals surface area contributed by atoms with Crippen molar-refractivity contribution in [1.29, 1.82) is 0 Å². The molecule has 0 fully saturated rings. The summed E-state index contributed by atoms with van der Waals surface area (Å²) in [5, 5.41) is 23.6. The number of carboxylic acids is 1. The highest BCUT2D eigenvalue weighted by atomic mass is 16.6. The molecule has 0 unspecified atom stereocenters. The zero-order valence-corrected chi connectivity index (χ0v) is 10.4. The van der Waals surface area contributed by atoms with E-state index in [9.17, 15) is 14.9 Å². The van der Waals surface area contributed by atoms with Crippen LogP contribution in [0.4, 0.5) is 5.82 Å². The summed E-state index contributed by atoms with van der Waals surface area (Å²) >= 11 is 0. The number of pyridine rings is 1. The number of ether oxygens (including phenoxy) is 1. The highest BCUT2D eigenvalue weighted by molar-refractivity contribution is 5.88. The van der Waals surface area contributed by atoms with Gasteiger partial charge < -0.3 is 20.0 Å². The zero-order chi connectivity index (χ0) is 14.7. The maximum atomic E-state index is 11.0. The normalized spacial score (nSPS) is 10.2. The third kappa shape index (κ3) is 2.55. The molecule has 9 nitrogen and oxygen atoms in total. The number of carboxylic acid groups (broad SMARTS) is 1. The molecule has 2 rings (SSSR count). The molecule has 0 amide bonds. The second kappa shape index (κ2) is 5.34. The van der Waals surface area contributed by atoms with Gasteiger partial charge in [-0.3, -0.25) is 4.68 Å². The molecule has 0 saturated carbocycles. The number of hydrogen-bond donors (Lipinski definition) is 1. The number of aromatic nitrogens is 3. The molecule has 2 aromatic heterocycles. The summed E-state index contributed by atoms with van der Waals surface area (Å²) in [7, 11) is 1.56. The van der Waals surface area contributed by atoms with Gasteiger partial charge in [0.2, 0.25) is 5.75 Å². The zero-order valence-electron chi connectivity index (χ0n) is 10.4. The van der Waals surface area contributed by atoms with E-state index in [1.54, 1.807) is 7.05 Å². The molecule has 9 heteroatoms. The molecule has 0 spiro atoms. The van der Waals surface area contributed by atoms with Crippen molar-refractivity contribution in [3.8, 4) is 5.75 Å². The summed E-state index contributed by atoms with van der Waals surface area (Å²) in [4.78, 5) is 24.7. The van der Waals surface area contributed by atoms with Crippen molar-refractivity contribution in [2.75, 3.05) is 0 Å². The molecule has 2 heterocycles. The van der Waals surface area contributed by atoms with E-state index in [-0.39, 0.29) is 17.9 Å². The van der Waals surface area contributed by atoms with Gasteiger partial charge in [0.15, 0.2) is 0 Å². The van der Waals surface area contributed by atoms with Gasteiger partial charge in [-0.2, -0.15) is 5.10 Å². The molecule has 2 aromatic rings. The molecule has 0 aliphatic heterocycles. The summed E-state index contributed by atoms with van der Waals surface area (Å²) in [6.45, 7) is -0.162. The molecular weight excluding hydrogens is 268 g/mol. The Morgan fingerprint density at radius 3 is 3.00 bits per heavy atom. The molecule has 0 aliphatic rings. The van der Waals surface area contributed by atoms with E-state index < -0.39 is 16.7 Å². The van der Waals surface area contributed by atoms with Crippen LogP contribution in [0.5, 0.6) is 5.75 Å². The second-order valence-electron chi connectivity index (χ2n) is 3.80. The highest BCUT2D eigenvalue weighted by Crippen LogP contribution is 2.24. The van der Waals surface area contributed by atoms with Gasteiger partial charge in [0, 0.05) is 7.05 Å². The Balaban J connectivity index is 2.24. The van der Waals surface area contributed by atoms with E-state index in [2.05, 4.69) is 10.1 Å². The van der Waals surface area contributed by atoms with E-state index in [1.807, 2.05) is 0 Å². The monoisotopic (exact) mass is 278 g/mol. The second-order valence-corrected chi connectivity index (χ2v) is 3.80. The number of rotatable bonds is 5. The Kier molecular flexibility index (Phi) is 3.60. The van der Waals surface area contributed by atoms with E-state index in [1.165, 1.54) is 29.2 Å². The van der Waals surface area contributed by atoms with Crippen LogP contribution in [0, 0.1) is 10.1 Å². The maximum absolute atomic E-state index is 11.0. The fourth-order valence-electron chi connectivity index (χ4n) is 1.59. The minimum Gasteiger partial charge on any atom is -0.479 e. The van der Waals surface area contributed by atoms with Gasteiger partial charge >= 0.3 is 11.8 Å². The number of nitro groups is 1. The average Bonchev–Trinajstić information content (AvgIpc) is 2.78. The van der Waals surface area contributed by atoms with E-state index in [0.29, 0.717) is 5.69 Å². The quantitative estimate of drug-likeness (QED) is 0.639. The number of aromatic carboxylic acids is 1. The topological polar surface area (TPSA) is 120 Å². The van der Waals surface area contributed by atoms with Crippen molar-refractivity contribution in [2.24, 2.45) is 7.05 Å². The fraction of sp³-hybridized carbons (Fsp3) is 0.182. The standard InChI is InChI=1S/C11H10N4O5/c1-14-8(7(5-13-14)11(16)17)6-20-9-3-2-4-12-10(9)15(18)19/h2-5H,6H2,1H3,(H,16,17). The molecule has 20 heavy (non-hydrogen) atoms. The summed E-state index contributed by atoms with van der Waals surface area (Å²) in [5.41, 5.74) is 0.287. The Morgan fingerprint density at radius 1 is 1.60 bits per heavy atom. The van der Waals surface area contributed by atoms with Crippen molar-refractivity contribution in [3.05, 3.63) is 45.9 Å². The van der Waals surface area contributed by atoms with Crippen molar-refractivity contribution < 1.29 is 19.6 Å². The number of nitrogens with zero attached hydrogens (tertiary/aromatic N) is 4. The Hall–Kier alpha value is -2.97. The first-order valence-electron chi connectivity index (χ1n) is 5.47. The van der Waals surface area contributed by atoms with Gasteiger partial charge in [-0.1, -0.05) is 0 Å². The van der Waals surface area contributed by atoms with Crippen molar-refractivity contribution in [2.45, 2.75) is 6.61 Å². The third-order valence-corrected chi connectivity index (χ3v) is 2.58. The van der Waals surface area contributed by atoms with Crippen LogP contribution >= 0.6 is 0 Å². The summed E-state index contributed by atoms with van der Waals surface area (Å²) in [6.07, 6.45) is 2.47. The lowest BCUT2D eigenvalue weighted by Gasteiger charge is -2.07. The summed E-state index contributed by atoms with van der Waals surface area (Å²) in [6, 6.07) is 2.88. The first kappa shape index (κ1) is 13.5. The van der Waals surface area contributed by atoms with Gasteiger partial charge in [0.05, 0.1) is 11.9 Å². The molecule has 0 radical (unpaired) electrons. The van der Waals surface area contributed by atoms with Crippen LogP contribution in [0.25, 0.3) is 0 Å². The van der Waals surface area contributed by atoms with Crippen LogP contribution in [0.3, 0.4) is 0 Å². The summed E-state index contributed by atoms with van der Waals surface area (Å²) < 4.78 is 6.63. The van der Waals surface area contributed by atoms with Crippen molar-refractivity contribution in [3.63, 3.8) is 0 Å². The Bertz CT molecular complexity index is 667. The number of carbonyl (C=O) groups is 1. The van der Waals surface area contributed by atoms with Crippen molar-refractivity contribution >= 4 is 11.8 Å². The van der Waals surface area contributed by atoms with Crippen LogP contribution in [-0.2, 0) is 13.7 Å². The first-order chi connectivity index (χ1) is 9.50. The van der Waals surface area contributed by atoms with Crippen LogP contribution in [-0.4, -0.2) is 30.8 Å². The molecule has 0 saturated heterocycles. The van der Waals surface area contributed by atoms with Crippen LogP contribution in [0.15, 0.2) is 24.5 Å². The molecule has 0 aromatic carbocycles. The van der Waals surface area contributed by atoms with E-state index >= 15 is 0 Å². The maximum Gasteiger partial charge on any atom is 0.406 e. The van der Waals surface area contributed by atoms with Gasteiger partial charge in [-0.15, -0.1) is 0 Å². The van der Waals surface area contributed by atoms with E-state index in [0.717, 1.165) is 0 Å². The molecule has 0 atom stereocenters. The van der Waals surface area contributed by atoms with Crippen molar-refractivity contribution in [1.82, 2.24) is 14.8 Å². The van der Waals surface area contributed by atoms with Crippen LogP contribution < -0.4 is 4.74 Å². The molecule has 1 N–H and O–H groups in total.